The van der Waals surface area contributed by atoms with Crippen LogP contribution in [0.25, 0.3) is 17.0 Å². The van der Waals surface area contributed by atoms with E-state index in [4.69, 9.17) is 0 Å². The molecule has 1 aromatic heterocycles. The van der Waals surface area contributed by atoms with Crippen LogP contribution in [0.4, 0.5) is 4.79 Å². The maximum Gasteiger partial charge on any atom is 0.331 e. The van der Waals surface area contributed by atoms with Gasteiger partial charge in [0, 0.05) is 36.3 Å². The zero-order valence-corrected chi connectivity index (χ0v) is 13.0. The Balaban J connectivity index is 2.12. The fourth-order valence-corrected chi connectivity index (χ4v) is 2.72. The zero-order valence-electron chi connectivity index (χ0n) is 13.0. The standard InChI is InChI=1S/C17H17N3O3/c1-3-8-20-10-11(12-6-4-5-7-14(12)20)9-13-15(21)18-17(23)19(2)16(13)22/h4-7,9-10H,3,8H2,1-2H3,(H,18,21,23). The number of aryl methyl sites for hydroxylation is 1. The minimum absolute atomic E-state index is 0.0356. The molecule has 0 saturated carbocycles. The van der Waals surface area contributed by atoms with E-state index in [1.165, 1.54) is 7.05 Å². The van der Waals surface area contributed by atoms with E-state index in [0.29, 0.717) is 0 Å². The number of para-hydroxylation sites is 1. The summed E-state index contributed by atoms with van der Waals surface area (Å²) in [5.74, 6) is -1.25. The van der Waals surface area contributed by atoms with E-state index in [0.717, 1.165) is 34.3 Å². The fourth-order valence-electron chi connectivity index (χ4n) is 2.72. The molecule has 3 rings (SSSR count). The highest BCUT2D eigenvalue weighted by atomic mass is 16.2. The first-order chi connectivity index (χ1) is 11.0. The molecular formula is C17H17N3O3. The summed E-state index contributed by atoms with van der Waals surface area (Å²) in [6.07, 6.45) is 4.46. The summed E-state index contributed by atoms with van der Waals surface area (Å²) >= 11 is 0. The van der Waals surface area contributed by atoms with Crippen molar-refractivity contribution in [1.29, 1.82) is 0 Å². The van der Waals surface area contributed by atoms with Gasteiger partial charge in [-0.05, 0) is 18.6 Å². The molecule has 0 aliphatic carbocycles. The van der Waals surface area contributed by atoms with Gasteiger partial charge in [0.2, 0.25) is 0 Å². The van der Waals surface area contributed by atoms with Crippen LogP contribution in [-0.2, 0) is 16.1 Å². The summed E-state index contributed by atoms with van der Waals surface area (Å²) in [7, 11) is 1.35. The summed E-state index contributed by atoms with van der Waals surface area (Å²) < 4.78 is 2.10. The number of urea groups is 1. The lowest BCUT2D eigenvalue weighted by Crippen LogP contribution is -2.52. The van der Waals surface area contributed by atoms with Gasteiger partial charge in [0.1, 0.15) is 5.57 Å². The number of fused-ring (bicyclic) bond motifs is 1. The quantitative estimate of drug-likeness (QED) is 0.697. The molecule has 1 aliphatic rings. The number of likely N-dealkylation sites (N-methyl/N-ethyl adjacent to an activating group) is 1. The molecule has 23 heavy (non-hydrogen) atoms. The van der Waals surface area contributed by atoms with Gasteiger partial charge in [-0.3, -0.25) is 19.8 Å². The molecule has 0 unspecified atom stereocenters. The van der Waals surface area contributed by atoms with Crippen molar-refractivity contribution in [2.75, 3.05) is 7.05 Å². The van der Waals surface area contributed by atoms with Crippen LogP contribution < -0.4 is 5.32 Å². The Kier molecular flexibility index (Phi) is 3.73. The Morgan fingerprint density at radius 1 is 1.17 bits per heavy atom. The molecule has 0 bridgehead atoms. The Bertz CT molecular complexity index is 848. The first-order valence-corrected chi connectivity index (χ1v) is 7.46. The summed E-state index contributed by atoms with van der Waals surface area (Å²) in [5.41, 5.74) is 1.80. The number of benzene rings is 1. The average Bonchev–Trinajstić information content (AvgIpc) is 2.88. The zero-order chi connectivity index (χ0) is 16.6. The van der Waals surface area contributed by atoms with E-state index < -0.39 is 17.8 Å². The number of hydrogen-bond donors (Lipinski definition) is 1. The molecule has 1 N–H and O–H groups in total. The van der Waals surface area contributed by atoms with E-state index in [-0.39, 0.29) is 5.57 Å². The molecule has 2 aromatic rings. The Morgan fingerprint density at radius 3 is 2.65 bits per heavy atom. The third-order valence-corrected chi connectivity index (χ3v) is 3.89. The number of nitrogens with zero attached hydrogens (tertiary/aromatic N) is 2. The first kappa shape index (κ1) is 15.0. The minimum Gasteiger partial charge on any atom is -0.347 e. The number of imide groups is 2. The first-order valence-electron chi connectivity index (χ1n) is 7.46. The van der Waals surface area contributed by atoms with Gasteiger partial charge in [0.05, 0.1) is 0 Å². The van der Waals surface area contributed by atoms with Crippen LogP contribution in [0.5, 0.6) is 0 Å². The normalized spacial score (nSPS) is 17.2. The summed E-state index contributed by atoms with van der Waals surface area (Å²) in [5, 5.41) is 3.13. The fraction of sp³-hybridized carbons (Fsp3) is 0.235. The number of barbiturate groups is 1. The number of rotatable bonds is 3. The second-order valence-corrected chi connectivity index (χ2v) is 5.48. The van der Waals surface area contributed by atoms with Crippen molar-refractivity contribution >= 4 is 34.8 Å². The number of nitrogens with one attached hydrogen (secondary N) is 1. The largest absolute Gasteiger partial charge is 0.347 e. The van der Waals surface area contributed by atoms with Crippen LogP contribution in [0.3, 0.4) is 0 Å². The Morgan fingerprint density at radius 2 is 1.91 bits per heavy atom. The van der Waals surface area contributed by atoms with Gasteiger partial charge in [0.15, 0.2) is 0 Å². The molecule has 6 nitrogen and oxygen atoms in total. The monoisotopic (exact) mass is 311 g/mol. The highest BCUT2D eigenvalue weighted by Crippen LogP contribution is 2.25. The third kappa shape index (κ3) is 2.52. The van der Waals surface area contributed by atoms with Crippen molar-refractivity contribution < 1.29 is 14.4 Å². The van der Waals surface area contributed by atoms with Crippen LogP contribution in [-0.4, -0.2) is 34.4 Å². The van der Waals surface area contributed by atoms with E-state index in [9.17, 15) is 14.4 Å². The molecule has 4 amide bonds. The molecule has 0 spiro atoms. The molecule has 2 heterocycles. The molecule has 0 radical (unpaired) electrons. The van der Waals surface area contributed by atoms with Gasteiger partial charge < -0.3 is 4.57 Å². The molecule has 1 aromatic carbocycles. The van der Waals surface area contributed by atoms with Gasteiger partial charge in [-0.2, -0.15) is 0 Å². The second-order valence-electron chi connectivity index (χ2n) is 5.48. The summed E-state index contributed by atoms with van der Waals surface area (Å²) in [4.78, 5) is 36.5. The topological polar surface area (TPSA) is 71.4 Å². The predicted molar refractivity (Wildman–Crippen MR) is 86.5 cm³/mol. The molecule has 118 valence electrons. The lowest BCUT2D eigenvalue weighted by Gasteiger charge is -2.22. The van der Waals surface area contributed by atoms with Crippen molar-refractivity contribution in [1.82, 2.24) is 14.8 Å². The van der Waals surface area contributed by atoms with Gasteiger partial charge in [-0.25, -0.2) is 4.79 Å². The van der Waals surface area contributed by atoms with Crippen LogP contribution in [0, 0.1) is 0 Å². The van der Waals surface area contributed by atoms with Crippen molar-refractivity contribution in [2.24, 2.45) is 0 Å². The maximum atomic E-state index is 12.2. The van der Waals surface area contributed by atoms with Crippen molar-refractivity contribution in [2.45, 2.75) is 19.9 Å². The molecule has 0 atom stereocenters. The smallest absolute Gasteiger partial charge is 0.331 e. The second kappa shape index (κ2) is 5.72. The van der Waals surface area contributed by atoms with E-state index in [1.807, 2.05) is 30.5 Å². The Labute approximate surface area is 133 Å². The van der Waals surface area contributed by atoms with Crippen molar-refractivity contribution in [3.05, 3.63) is 41.6 Å². The molecule has 1 fully saturated rings. The van der Waals surface area contributed by atoms with Crippen molar-refractivity contribution in [3.63, 3.8) is 0 Å². The lowest BCUT2D eigenvalue weighted by atomic mass is 10.1. The van der Waals surface area contributed by atoms with Crippen LogP contribution in [0.15, 0.2) is 36.0 Å². The number of carbonyl (C=O) groups is 3. The number of hydrogen-bond acceptors (Lipinski definition) is 3. The van der Waals surface area contributed by atoms with Crippen LogP contribution in [0.1, 0.15) is 18.9 Å². The Hall–Kier alpha value is -2.89. The highest BCUT2D eigenvalue weighted by molar-refractivity contribution is 6.31. The van der Waals surface area contributed by atoms with E-state index in [2.05, 4.69) is 16.8 Å². The summed E-state index contributed by atoms with van der Waals surface area (Å²) in [6, 6.07) is 7.12. The van der Waals surface area contributed by atoms with E-state index in [1.54, 1.807) is 6.08 Å². The van der Waals surface area contributed by atoms with Crippen molar-refractivity contribution in [3.8, 4) is 0 Å². The number of aromatic nitrogens is 1. The van der Waals surface area contributed by atoms with E-state index >= 15 is 0 Å². The maximum absolute atomic E-state index is 12.2. The highest BCUT2D eigenvalue weighted by Gasteiger charge is 2.33. The van der Waals surface area contributed by atoms with Gasteiger partial charge in [-0.1, -0.05) is 25.1 Å². The molecule has 6 heteroatoms. The van der Waals surface area contributed by atoms with Crippen LogP contribution >= 0.6 is 0 Å². The lowest BCUT2D eigenvalue weighted by molar-refractivity contribution is -0.129. The molecular weight excluding hydrogens is 294 g/mol. The van der Waals surface area contributed by atoms with Crippen LogP contribution in [0.2, 0.25) is 0 Å². The third-order valence-electron chi connectivity index (χ3n) is 3.89. The predicted octanol–water partition coefficient (Wildman–Crippen LogP) is 2.14. The number of amides is 4. The molecule has 1 aliphatic heterocycles. The molecule has 1 saturated heterocycles. The summed E-state index contributed by atoms with van der Waals surface area (Å²) in [6.45, 7) is 2.94. The van der Waals surface area contributed by atoms with Gasteiger partial charge in [-0.15, -0.1) is 0 Å². The minimum atomic E-state index is -0.703. The van der Waals surface area contributed by atoms with Gasteiger partial charge >= 0.3 is 6.03 Å². The SMILES string of the molecule is CCCn1cc(C=C2C(=O)NC(=O)N(C)C2=O)c2ccccc21. The number of carbonyl (C=O) groups excluding carboxylic acids is 3. The average molecular weight is 311 g/mol. The van der Waals surface area contributed by atoms with Gasteiger partial charge in [0.25, 0.3) is 11.8 Å².